The highest BCUT2D eigenvalue weighted by molar-refractivity contribution is 7.92. The fraction of sp³-hybridized carbons (Fsp3) is 0.280. The Kier molecular flexibility index (Phi) is 8.49. The van der Waals surface area contributed by atoms with Crippen LogP contribution in [0.3, 0.4) is 0 Å². The number of alkyl halides is 1. The van der Waals surface area contributed by atoms with Gasteiger partial charge >= 0.3 is 0 Å². The van der Waals surface area contributed by atoms with Gasteiger partial charge < -0.3 is 9.47 Å². The lowest BCUT2D eigenvalue weighted by Gasteiger charge is -2.27. The van der Waals surface area contributed by atoms with Gasteiger partial charge in [0, 0.05) is 11.6 Å². The highest BCUT2D eigenvalue weighted by Crippen LogP contribution is 2.38. The maximum absolute atomic E-state index is 11.6. The largest absolute Gasteiger partial charge is 0.489 e. The van der Waals surface area contributed by atoms with Crippen molar-refractivity contribution in [2.45, 2.75) is 25.9 Å². The van der Waals surface area contributed by atoms with Gasteiger partial charge in [0.2, 0.25) is 10.0 Å². The molecule has 10 heteroatoms. The first-order valence-corrected chi connectivity index (χ1v) is 13.4. The van der Waals surface area contributed by atoms with Crippen LogP contribution in [-0.2, 0) is 22.0 Å². The van der Waals surface area contributed by atoms with Crippen LogP contribution < -0.4 is 14.2 Å². The molecular formula is C25H25Cl2N3O4S. The fourth-order valence-electron chi connectivity index (χ4n) is 3.46. The second kappa shape index (κ2) is 11.2. The van der Waals surface area contributed by atoms with E-state index < -0.39 is 15.4 Å². The molecule has 0 radical (unpaired) electrons. The zero-order chi connectivity index (χ0) is 25.6. The van der Waals surface area contributed by atoms with Gasteiger partial charge in [0.05, 0.1) is 28.4 Å². The number of ether oxygens (including phenoxy) is 2. The Bertz CT molecular complexity index is 1340. The standard InChI is InChI=1S/C25H25Cl2N3O4S/c1-25(2,19-13-17(15-28)24(21(27)14-19)33-12-10-26)18-6-8-20(9-7-18)34-16-23-22(5-4-11-29-23)30-35(3,31)32/h4-9,11,13-14,30H,10,12,16H2,1-3H3. The van der Waals surface area contributed by atoms with Crippen molar-refractivity contribution in [1.82, 2.24) is 4.98 Å². The Balaban J connectivity index is 1.79. The van der Waals surface area contributed by atoms with Gasteiger partial charge in [0.15, 0.2) is 5.75 Å². The molecule has 35 heavy (non-hydrogen) atoms. The van der Waals surface area contributed by atoms with Gasteiger partial charge in [-0.3, -0.25) is 9.71 Å². The first-order valence-electron chi connectivity index (χ1n) is 10.6. The van der Waals surface area contributed by atoms with Crippen molar-refractivity contribution in [1.29, 1.82) is 5.26 Å². The number of sulfonamides is 1. The van der Waals surface area contributed by atoms with E-state index in [1.54, 1.807) is 30.5 Å². The smallest absolute Gasteiger partial charge is 0.229 e. The molecule has 0 saturated heterocycles. The predicted octanol–water partition coefficient (Wildman–Crippen LogP) is 5.50. The minimum Gasteiger partial charge on any atom is -0.489 e. The molecule has 3 rings (SSSR count). The summed E-state index contributed by atoms with van der Waals surface area (Å²) in [7, 11) is -3.44. The summed E-state index contributed by atoms with van der Waals surface area (Å²) < 4.78 is 37.0. The number of anilines is 1. The molecule has 184 valence electrons. The van der Waals surface area contributed by atoms with E-state index in [0.717, 1.165) is 17.4 Å². The lowest BCUT2D eigenvalue weighted by Crippen LogP contribution is -2.19. The molecule has 0 saturated carbocycles. The number of rotatable bonds is 10. The second-order valence-corrected chi connectivity index (χ2v) is 10.8. The highest BCUT2D eigenvalue weighted by Gasteiger charge is 2.26. The summed E-state index contributed by atoms with van der Waals surface area (Å²) in [6, 6.07) is 16.5. The molecule has 0 amide bonds. The van der Waals surface area contributed by atoms with Gasteiger partial charge in [0.25, 0.3) is 0 Å². The zero-order valence-electron chi connectivity index (χ0n) is 19.5. The summed E-state index contributed by atoms with van der Waals surface area (Å²) in [6.45, 7) is 4.41. The van der Waals surface area contributed by atoms with Crippen LogP contribution in [0.5, 0.6) is 11.5 Å². The lowest BCUT2D eigenvalue weighted by molar-refractivity contribution is 0.302. The van der Waals surface area contributed by atoms with Crippen molar-refractivity contribution in [3.63, 3.8) is 0 Å². The molecule has 2 aromatic carbocycles. The number of nitrogens with zero attached hydrogens (tertiary/aromatic N) is 2. The topological polar surface area (TPSA) is 101 Å². The summed E-state index contributed by atoms with van der Waals surface area (Å²) >= 11 is 12.1. The van der Waals surface area contributed by atoms with Gasteiger partial charge in [-0.05, 0) is 47.5 Å². The second-order valence-electron chi connectivity index (χ2n) is 8.29. The van der Waals surface area contributed by atoms with Crippen LogP contribution >= 0.6 is 23.2 Å². The molecule has 0 aliphatic rings. The normalized spacial score (nSPS) is 11.5. The summed E-state index contributed by atoms with van der Waals surface area (Å²) in [5, 5.41) is 9.95. The Labute approximate surface area is 215 Å². The molecule has 3 aromatic rings. The first-order chi connectivity index (χ1) is 16.5. The van der Waals surface area contributed by atoms with E-state index in [-0.39, 0.29) is 13.2 Å². The number of nitrogens with one attached hydrogen (secondary N) is 1. The molecule has 0 unspecified atom stereocenters. The minimum absolute atomic E-state index is 0.0896. The van der Waals surface area contributed by atoms with Crippen LogP contribution in [0.15, 0.2) is 54.7 Å². The number of nitriles is 1. The molecule has 0 aliphatic carbocycles. The number of pyridine rings is 1. The monoisotopic (exact) mass is 533 g/mol. The zero-order valence-corrected chi connectivity index (χ0v) is 21.8. The summed E-state index contributed by atoms with van der Waals surface area (Å²) in [5.74, 6) is 1.22. The molecule has 0 spiro atoms. The number of benzene rings is 2. The third-order valence-corrected chi connectivity index (χ3v) is 6.37. The molecule has 0 bridgehead atoms. The molecule has 7 nitrogen and oxygen atoms in total. The van der Waals surface area contributed by atoms with E-state index >= 15 is 0 Å². The molecular weight excluding hydrogens is 509 g/mol. The van der Waals surface area contributed by atoms with E-state index in [1.807, 2.05) is 38.1 Å². The predicted molar refractivity (Wildman–Crippen MR) is 138 cm³/mol. The van der Waals surface area contributed by atoms with Crippen LogP contribution in [0.4, 0.5) is 5.69 Å². The van der Waals surface area contributed by atoms with Crippen molar-refractivity contribution < 1.29 is 17.9 Å². The summed E-state index contributed by atoms with van der Waals surface area (Å²) in [5.41, 5.74) is 2.56. The molecule has 0 aliphatic heterocycles. The Morgan fingerprint density at radius 1 is 1.11 bits per heavy atom. The van der Waals surface area contributed by atoms with Crippen molar-refractivity contribution >= 4 is 38.9 Å². The maximum Gasteiger partial charge on any atom is 0.229 e. The van der Waals surface area contributed by atoms with E-state index in [2.05, 4.69) is 15.8 Å². The number of hydrogen-bond donors (Lipinski definition) is 1. The van der Waals surface area contributed by atoms with Crippen LogP contribution in [0.2, 0.25) is 5.02 Å². The van der Waals surface area contributed by atoms with Gasteiger partial charge in [0.1, 0.15) is 30.7 Å². The number of hydrogen-bond acceptors (Lipinski definition) is 6. The van der Waals surface area contributed by atoms with Crippen molar-refractivity contribution in [2.75, 3.05) is 23.5 Å². The Hall–Kier alpha value is -2.99. The average molecular weight is 534 g/mol. The van der Waals surface area contributed by atoms with E-state index in [9.17, 15) is 13.7 Å². The molecule has 1 aromatic heterocycles. The summed E-state index contributed by atoms with van der Waals surface area (Å²) in [4.78, 5) is 4.22. The van der Waals surface area contributed by atoms with Gasteiger partial charge in [-0.15, -0.1) is 11.6 Å². The van der Waals surface area contributed by atoms with Crippen molar-refractivity contribution in [3.05, 3.63) is 82.1 Å². The van der Waals surface area contributed by atoms with E-state index in [4.69, 9.17) is 32.7 Å². The summed E-state index contributed by atoms with van der Waals surface area (Å²) in [6.07, 6.45) is 2.66. The minimum atomic E-state index is -3.44. The average Bonchev–Trinajstić information content (AvgIpc) is 2.81. The molecule has 1 N–H and O–H groups in total. The van der Waals surface area contributed by atoms with E-state index in [1.165, 1.54) is 0 Å². The molecule has 0 fully saturated rings. The first kappa shape index (κ1) is 26.6. The van der Waals surface area contributed by atoms with Gasteiger partial charge in [-0.1, -0.05) is 37.6 Å². The van der Waals surface area contributed by atoms with Gasteiger partial charge in [-0.25, -0.2) is 8.42 Å². The Morgan fingerprint density at radius 2 is 1.83 bits per heavy atom. The Morgan fingerprint density at radius 3 is 2.46 bits per heavy atom. The quantitative estimate of drug-likeness (QED) is 0.345. The van der Waals surface area contributed by atoms with Crippen molar-refractivity contribution in [2.24, 2.45) is 0 Å². The molecule has 0 atom stereocenters. The fourth-order valence-corrected chi connectivity index (χ4v) is 4.39. The third kappa shape index (κ3) is 6.79. The van der Waals surface area contributed by atoms with Crippen molar-refractivity contribution in [3.8, 4) is 17.6 Å². The SMILES string of the molecule is CC(C)(c1ccc(OCc2ncccc2NS(C)(=O)=O)cc1)c1cc(Cl)c(OCCCl)c(C#N)c1. The van der Waals surface area contributed by atoms with Crippen LogP contribution in [0, 0.1) is 11.3 Å². The van der Waals surface area contributed by atoms with Crippen LogP contribution in [0.1, 0.15) is 36.2 Å². The van der Waals surface area contributed by atoms with Crippen LogP contribution in [-0.4, -0.2) is 32.1 Å². The van der Waals surface area contributed by atoms with E-state index in [0.29, 0.717) is 39.3 Å². The number of halogens is 2. The number of aromatic nitrogens is 1. The van der Waals surface area contributed by atoms with Crippen LogP contribution in [0.25, 0.3) is 0 Å². The van der Waals surface area contributed by atoms with Gasteiger partial charge in [-0.2, -0.15) is 5.26 Å². The maximum atomic E-state index is 11.6. The highest BCUT2D eigenvalue weighted by atomic mass is 35.5. The third-order valence-electron chi connectivity index (χ3n) is 5.35. The molecule has 1 heterocycles. The lowest BCUT2D eigenvalue weighted by atomic mass is 9.77.